The second-order valence-corrected chi connectivity index (χ2v) is 5.91. The van der Waals surface area contributed by atoms with Gasteiger partial charge in [0.2, 0.25) is 0 Å². The summed E-state index contributed by atoms with van der Waals surface area (Å²) in [6.07, 6.45) is 0.952. The van der Waals surface area contributed by atoms with Gasteiger partial charge >= 0.3 is 0 Å². The molecule has 0 saturated heterocycles. The summed E-state index contributed by atoms with van der Waals surface area (Å²) < 4.78 is 27.2. The van der Waals surface area contributed by atoms with Gasteiger partial charge in [-0.3, -0.25) is 0 Å². The van der Waals surface area contributed by atoms with Crippen molar-refractivity contribution in [2.45, 2.75) is 24.6 Å². The normalized spacial score (nSPS) is 22.6. The lowest BCUT2D eigenvalue weighted by molar-refractivity contribution is 0.559. The molecule has 1 saturated carbocycles. The maximum absolute atomic E-state index is 13.9. The fraction of sp³-hybridized carbons (Fsp3) is 0.294. The molecule has 0 aromatic heterocycles. The molecule has 1 fully saturated rings. The largest absolute Gasteiger partial charge is 0.207 e. The van der Waals surface area contributed by atoms with Gasteiger partial charge in [0.1, 0.15) is 11.6 Å². The third-order valence-electron chi connectivity index (χ3n) is 4.02. The van der Waals surface area contributed by atoms with Crippen molar-refractivity contribution < 1.29 is 8.78 Å². The molecule has 2 aromatic rings. The standard InChI is InChI=1S/C17H15ClF2/c1-10-7-14(16(20)9-15(10)19)17(18)13-8-12(13)11-5-3-2-4-6-11/h2-7,9,12-13,17H,8H2,1H3. The minimum absolute atomic E-state index is 0.221. The Hall–Kier alpha value is -1.41. The van der Waals surface area contributed by atoms with Gasteiger partial charge < -0.3 is 0 Å². The van der Waals surface area contributed by atoms with E-state index >= 15 is 0 Å². The van der Waals surface area contributed by atoms with E-state index in [2.05, 4.69) is 12.1 Å². The molecule has 0 spiro atoms. The summed E-state index contributed by atoms with van der Waals surface area (Å²) in [4.78, 5) is 0. The molecule has 0 nitrogen and oxygen atoms in total. The average molecular weight is 293 g/mol. The highest BCUT2D eigenvalue weighted by Gasteiger charge is 2.44. The maximum atomic E-state index is 13.9. The van der Waals surface area contributed by atoms with Crippen molar-refractivity contribution in [3.8, 4) is 0 Å². The second kappa shape index (κ2) is 5.17. The van der Waals surface area contributed by atoms with E-state index in [1.807, 2.05) is 18.2 Å². The third-order valence-corrected chi connectivity index (χ3v) is 4.58. The Morgan fingerprint density at radius 1 is 1.10 bits per heavy atom. The number of alkyl halides is 1. The van der Waals surface area contributed by atoms with Crippen molar-refractivity contribution in [1.82, 2.24) is 0 Å². The number of aryl methyl sites for hydroxylation is 1. The number of hydrogen-bond acceptors (Lipinski definition) is 0. The molecule has 0 radical (unpaired) electrons. The lowest BCUT2D eigenvalue weighted by atomic mass is 10.0. The molecule has 0 heterocycles. The fourth-order valence-electron chi connectivity index (χ4n) is 2.74. The zero-order valence-electron chi connectivity index (χ0n) is 11.1. The summed E-state index contributed by atoms with van der Waals surface area (Å²) in [6, 6.07) is 12.6. The van der Waals surface area contributed by atoms with E-state index in [1.54, 1.807) is 6.92 Å². The lowest BCUT2D eigenvalue weighted by Gasteiger charge is -2.12. The third kappa shape index (κ3) is 2.45. The van der Waals surface area contributed by atoms with Gasteiger partial charge in [-0.2, -0.15) is 0 Å². The first-order chi connectivity index (χ1) is 9.58. The van der Waals surface area contributed by atoms with E-state index in [4.69, 9.17) is 11.6 Å². The van der Waals surface area contributed by atoms with Gasteiger partial charge in [0.25, 0.3) is 0 Å². The van der Waals surface area contributed by atoms with Crippen molar-refractivity contribution in [3.63, 3.8) is 0 Å². The number of halogens is 3. The molecule has 3 rings (SSSR count). The molecule has 104 valence electrons. The van der Waals surface area contributed by atoms with Crippen LogP contribution >= 0.6 is 11.6 Å². The highest BCUT2D eigenvalue weighted by molar-refractivity contribution is 6.21. The molecular weight excluding hydrogens is 278 g/mol. The first-order valence-electron chi connectivity index (χ1n) is 6.72. The van der Waals surface area contributed by atoms with E-state index in [0.29, 0.717) is 17.0 Å². The molecular formula is C17H15ClF2. The van der Waals surface area contributed by atoms with Crippen LogP contribution in [-0.2, 0) is 0 Å². The Balaban J connectivity index is 1.82. The Labute approximate surface area is 122 Å². The minimum Gasteiger partial charge on any atom is -0.207 e. The van der Waals surface area contributed by atoms with Crippen LogP contribution in [0, 0.1) is 24.5 Å². The van der Waals surface area contributed by atoms with Crippen LogP contribution in [-0.4, -0.2) is 0 Å². The molecule has 1 aliphatic rings. The summed E-state index contributed by atoms with van der Waals surface area (Å²) in [7, 11) is 0. The first-order valence-corrected chi connectivity index (χ1v) is 7.16. The van der Waals surface area contributed by atoms with E-state index in [0.717, 1.165) is 12.5 Å². The number of benzene rings is 2. The van der Waals surface area contributed by atoms with E-state index in [1.165, 1.54) is 11.6 Å². The number of rotatable bonds is 3. The van der Waals surface area contributed by atoms with Crippen molar-refractivity contribution >= 4 is 11.6 Å². The minimum atomic E-state index is -0.549. The molecule has 3 heteroatoms. The van der Waals surface area contributed by atoms with Crippen LogP contribution in [0.2, 0.25) is 0 Å². The highest BCUT2D eigenvalue weighted by Crippen LogP contribution is 2.56. The Morgan fingerprint density at radius 2 is 1.80 bits per heavy atom. The average Bonchev–Trinajstić information content (AvgIpc) is 3.23. The van der Waals surface area contributed by atoms with Crippen LogP contribution in [0.25, 0.3) is 0 Å². The highest BCUT2D eigenvalue weighted by atomic mass is 35.5. The fourth-order valence-corrected chi connectivity index (χ4v) is 3.19. The quantitative estimate of drug-likeness (QED) is 0.668. The molecule has 0 aliphatic heterocycles. The summed E-state index contributed by atoms with van der Waals surface area (Å²) in [5, 5.41) is -0.403. The van der Waals surface area contributed by atoms with E-state index in [9.17, 15) is 8.78 Å². The molecule has 3 atom stereocenters. The molecule has 0 amide bonds. The SMILES string of the molecule is Cc1cc(C(Cl)C2CC2c2ccccc2)c(F)cc1F. The molecule has 20 heavy (non-hydrogen) atoms. The van der Waals surface area contributed by atoms with Gasteiger partial charge in [0, 0.05) is 11.6 Å². The molecule has 2 aromatic carbocycles. The maximum Gasteiger partial charge on any atom is 0.130 e. The van der Waals surface area contributed by atoms with E-state index in [-0.39, 0.29) is 5.92 Å². The first kappa shape index (κ1) is 13.6. The lowest BCUT2D eigenvalue weighted by Crippen LogP contribution is -2.01. The predicted octanol–water partition coefficient (Wildman–Crippen LogP) is 5.36. The summed E-state index contributed by atoms with van der Waals surface area (Å²) in [6.45, 7) is 1.63. The van der Waals surface area contributed by atoms with Crippen molar-refractivity contribution in [2.24, 2.45) is 5.92 Å². The zero-order valence-corrected chi connectivity index (χ0v) is 11.9. The van der Waals surface area contributed by atoms with Gasteiger partial charge in [0.05, 0.1) is 5.38 Å². The summed E-state index contributed by atoms with van der Waals surface area (Å²) in [5.74, 6) is -0.473. The van der Waals surface area contributed by atoms with Gasteiger partial charge in [-0.1, -0.05) is 30.3 Å². The van der Waals surface area contributed by atoms with Crippen molar-refractivity contribution in [2.75, 3.05) is 0 Å². The van der Waals surface area contributed by atoms with E-state index < -0.39 is 17.0 Å². The van der Waals surface area contributed by atoms with Crippen molar-refractivity contribution in [3.05, 3.63) is 70.8 Å². The van der Waals surface area contributed by atoms with Gasteiger partial charge in [-0.15, -0.1) is 11.6 Å². The van der Waals surface area contributed by atoms with Gasteiger partial charge in [-0.05, 0) is 42.4 Å². The topological polar surface area (TPSA) is 0 Å². The summed E-state index contributed by atoms with van der Waals surface area (Å²) in [5.41, 5.74) is 2.08. The molecule has 1 aliphatic carbocycles. The van der Waals surface area contributed by atoms with Crippen LogP contribution < -0.4 is 0 Å². The Kier molecular flexibility index (Phi) is 3.51. The smallest absolute Gasteiger partial charge is 0.130 e. The molecule has 0 bridgehead atoms. The molecule has 0 N–H and O–H groups in total. The monoisotopic (exact) mass is 292 g/mol. The van der Waals surface area contributed by atoms with Crippen molar-refractivity contribution in [1.29, 1.82) is 0 Å². The van der Waals surface area contributed by atoms with Crippen LogP contribution in [0.4, 0.5) is 8.78 Å². The number of hydrogen-bond donors (Lipinski definition) is 0. The molecule has 3 unspecified atom stereocenters. The zero-order chi connectivity index (χ0) is 14.3. The van der Waals surface area contributed by atoms with Gasteiger partial charge in [-0.25, -0.2) is 8.78 Å². The predicted molar refractivity (Wildman–Crippen MR) is 77.0 cm³/mol. The van der Waals surface area contributed by atoms with Crippen LogP contribution in [0.5, 0.6) is 0 Å². The Bertz CT molecular complexity index is 624. The van der Waals surface area contributed by atoms with Crippen LogP contribution in [0.15, 0.2) is 42.5 Å². The van der Waals surface area contributed by atoms with Crippen LogP contribution in [0.1, 0.15) is 34.4 Å². The van der Waals surface area contributed by atoms with Gasteiger partial charge in [0.15, 0.2) is 0 Å². The summed E-state index contributed by atoms with van der Waals surface area (Å²) >= 11 is 6.42. The van der Waals surface area contributed by atoms with Crippen LogP contribution in [0.3, 0.4) is 0 Å². The Morgan fingerprint density at radius 3 is 2.50 bits per heavy atom. The second-order valence-electron chi connectivity index (χ2n) is 5.44.